The summed E-state index contributed by atoms with van der Waals surface area (Å²) in [6, 6.07) is 16.2. The third-order valence-corrected chi connectivity index (χ3v) is 5.45. The molecule has 0 fully saturated rings. The maximum Gasteiger partial charge on any atom is 0.247 e. The van der Waals surface area contributed by atoms with Crippen molar-refractivity contribution in [2.75, 3.05) is 5.32 Å². The number of aryl methyl sites for hydroxylation is 1. The van der Waals surface area contributed by atoms with E-state index < -0.39 is 0 Å². The van der Waals surface area contributed by atoms with Gasteiger partial charge in [-0.15, -0.1) is 0 Å². The van der Waals surface area contributed by atoms with Crippen molar-refractivity contribution >= 4 is 22.8 Å². The van der Waals surface area contributed by atoms with Crippen LogP contribution in [0.4, 0.5) is 14.6 Å². The number of pyridine rings is 1. The van der Waals surface area contributed by atoms with Crippen molar-refractivity contribution in [3.8, 4) is 11.1 Å². The summed E-state index contributed by atoms with van der Waals surface area (Å²) < 4.78 is 30.3. The number of rotatable bonds is 6. The van der Waals surface area contributed by atoms with Crippen LogP contribution in [-0.2, 0) is 17.9 Å². The molecule has 170 valence electrons. The molecule has 0 aliphatic rings. The molecule has 0 aliphatic carbocycles. The van der Waals surface area contributed by atoms with E-state index in [1.54, 1.807) is 53.5 Å². The molecule has 5 aromatic rings. The Balaban J connectivity index is 1.34. The normalized spacial score (nSPS) is 11.1. The number of halogens is 2. The molecule has 34 heavy (non-hydrogen) atoms. The van der Waals surface area contributed by atoms with E-state index in [-0.39, 0.29) is 30.6 Å². The second-order valence-electron chi connectivity index (χ2n) is 7.85. The van der Waals surface area contributed by atoms with Crippen molar-refractivity contribution in [3.05, 3.63) is 95.9 Å². The minimum atomic E-state index is -0.325. The molecule has 7 nitrogen and oxygen atoms in total. The van der Waals surface area contributed by atoms with Gasteiger partial charge in [-0.25, -0.2) is 18.4 Å². The number of hydrogen-bond acceptors (Lipinski definition) is 4. The van der Waals surface area contributed by atoms with E-state index in [1.807, 2.05) is 13.0 Å². The maximum absolute atomic E-state index is 13.9. The summed E-state index contributed by atoms with van der Waals surface area (Å²) in [4.78, 5) is 17.1. The van der Waals surface area contributed by atoms with E-state index in [1.165, 1.54) is 22.9 Å². The predicted octanol–water partition coefficient (Wildman–Crippen LogP) is 4.57. The molecule has 0 saturated carbocycles. The topological polar surface area (TPSA) is 77.6 Å². The Kier molecular flexibility index (Phi) is 5.59. The Labute approximate surface area is 193 Å². The highest BCUT2D eigenvalue weighted by Crippen LogP contribution is 2.30. The molecule has 2 aromatic carbocycles. The van der Waals surface area contributed by atoms with E-state index in [9.17, 15) is 13.6 Å². The fourth-order valence-corrected chi connectivity index (χ4v) is 3.90. The number of amides is 1. The van der Waals surface area contributed by atoms with Gasteiger partial charge in [0, 0.05) is 29.4 Å². The number of benzene rings is 2. The Morgan fingerprint density at radius 2 is 1.79 bits per heavy atom. The molecular weight excluding hydrogens is 438 g/mol. The number of nitrogens with zero attached hydrogens (tertiary/aromatic N) is 5. The van der Waals surface area contributed by atoms with Gasteiger partial charge in [-0.1, -0.05) is 30.3 Å². The minimum absolute atomic E-state index is 0.0651. The van der Waals surface area contributed by atoms with Crippen LogP contribution >= 0.6 is 0 Å². The van der Waals surface area contributed by atoms with Crippen LogP contribution in [0.1, 0.15) is 11.3 Å². The number of carbonyl (C=O) groups excluding carboxylic acids is 1. The Bertz CT molecular complexity index is 1490. The Hall–Kier alpha value is -4.40. The van der Waals surface area contributed by atoms with Crippen LogP contribution < -0.4 is 5.32 Å². The number of anilines is 1. The molecule has 0 radical (unpaired) electrons. The van der Waals surface area contributed by atoms with Gasteiger partial charge in [0.15, 0.2) is 11.5 Å². The average Bonchev–Trinajstić information content (AvgIpc) is 3.39. The van der Waals surface area contributed by atoms with E-state index >= 15 is 0 Å². The Morgan fingerprint density at radius 1 is 1.00 bits per heavy atom. The lowest BCUT2D eigenvalue weighted by Gasteiger charge is -2.06. The molecule has 9 heteroatoms. The zero-order chi connectivity index (χ0) is 23.7. The van der Waals surface area contributed by atoms with Crippen LogP contribution in [0.3, 0.4) is 0 Å². The summed E-state index contributed by atoms with van der Waals surface area (Å²) in [6.45, 7) is 2.03. The van der Waals surface area contributed by atoms with Gasteiger partial charge in [-0.3, -0.25) is 9.48 Å². The van der Waals surface area contributed by atoms with Gasteiger partial charge in [0.2, 0.25) is 5.91 Å². The number of hydrogen-bond donors (Lipinski definition) is 1. The predicted molar refractivity (Wildman–Crippen MR) is 124 cm³/mol. The molecule has 0 saturated heterocycles. The number of fused-ring (bicyclic) bond motifs is 1. The van der Waals surface area contributed by atoms with Gasteiger partial charge in [-0.2, -0.15) is 10.2 Å². The van der Waals surface area contributed by atoms with Crippen molar-refractivity contribution in [2.45, 2.75) is 20.0 Å². The third kappa shape index (κ3) is 4.27. The number of nitrogens with one attached hydrogen (secondary N) is 1. The summed E-state index contributed by atoms with van der Waals surface area (Å²) >= 11 is 0. The number of carbonyl (C=O) groups is 1. The van der Waals surface area contributed by atoms with Crippen molar-refractivity contribution in [2.24, 2.45) is 0 Å². The Morgan fingerprint density at radius 3 is 2.59 bits per heavy atom. The largest absolute Gasteiger partial charge is 0.308 e. The van der Waals surface area contributed by atoms with E-state index in [4.69, 9.17) is 0 Å². The van der Waals surface area contributed by atoms with Gasteiger partial charge < -0.3 is 5.32 Å². The van der Waals surface area contributed by atoms with E-state index in [2.05, 4.69) is 20.5 Å². The fraction of sp³-hybridized carbons (Fsp3) is 0.120. The average molecular weight is 458 g/mol. The number of aromatic nitrogens is 5. The molecule has 0 bridgehead atoms. The highest BCUT2D eigenvalue weighted by atomic mass is 19.1. The van der Waals surface area contributed by atoms with Crippen LogP contribution in [-0.4, -0.2) is 30.5 Å². The van der Waals surface area contributed by atoms with Crippen LogP contribution in [0.25, 0.3) is 22.2 Å². The van der Waals surface area contributed by atoms with Crippen LogP contribution in [0, 0.1) is 18.6 Å². The molecule has 1 amide bonds. The van der Waals surface area contributed by atoms with E-state index in [0.717, 1.165) is 16.5 Å². The van der Waals surface area contributed by atoms with Gasteiger partial charge >= 0.3 is 0 Å². The summed E-state index contributed by atoms with van der Waals surface area (Å²) in [5.74, 6) is -0.587. The van der Waals surface area contributed by atoms with Crippen molar-refractivity contribution in [1.82, 2.24) is 24.5 Å². The monoisotopic (exact) mass is 458 g/mol. The molecule has 3 heterocycles. The zero-order valence-corrected chi connectivity index (χ0v) is 18.2. The van der Waals surface area contributed by atoms with Gasteiger partial charge in [0.05, 0.1) is 12.2 Å². The first kappa shape index (κ1) is 21.4. The SMILES string of the molecule is Cc1nn(CC(=O)Nc2ccn(Cc3ccccc3F)n2)c2nccc(-c3ccc(F)cc3)c12. The minimum Gasteiger partial charge on any atom is -0.308 e. The van der Waals surface area contributed by atoms with Crippen molar-refractivity contribution in [1.29, 1.82) is 0 Å². The fourth-order valence-electron chi connectivity index (χ4n) is 3.90. The smallest absolute Gasteiger partial charge is 0.247 e. The first-order valence-electron chi connectivity index (χ1n) is 10.6. The van der Waals surface area contributed by atoms with Gasteiger partial charge in [0.25, 0.3) is 0 Å². The van der Waals surface area contributed by atoms with Crippen LogP contribution in [0.2, 0.25) is 0 Å². The molecule has 3 aromatic heterocycles. The summed E-state index contributed by atoms with van der Waals surface area (Å²) in [5.41, 5.74) is 3.47. The molecule has 0 unspecified atom stereocenters. The molecular formula is C25H20F2N6O. The standard InChI is InChI=1S/C25H20F2N6O/c1-16-24-20(17-6-8-19(26)9-7-17)10-12-28-25(24)33(30-16)15-23(34)29-22-11-13-32(31-22)14-18-4-2-3-5-21(18)27/h2-13H,14-15H2,1H3,(H,29,31,34). The van der Waals surface area contributed by atoms with Crippen molar-refractivity contribution in [3.63, 3.8) is 0 Å². The highest BCUT2D eigenvalue weighted by Gasteiger charge is 2.16. The molecule has 5 rings (SSSR count). The first-order valence-corrected chi connectivity index (χ1v) is 10.6. The van der Waals surface area contributed by atoms with Gasteiger partial charge in [0.1, 0.15) is 18.2 Å². The first-order chi connectivity index (χ1) is 16.5. The van der Waals surface area contributed by atoms with Gasteiger partial charge in [-0.05, 0) is 42.3 Å². The van der Waals surface area contributed by atoms with Crippen LogP contribution in [0.5, 0.6) is 0 Å². The van der Waals surface area contributed by atoms with Crippen LogP contribution in [0.15, 0.2) is 73.1 Å². The molecule has 0 aliphatic heterocycles. The lowest BCUT2D eigenvalue weighted by Crippen LogP contribution is -2.20. The second-order valence-corrected chi connectivity index (χ2v) is 7.85. The lowest BCUT2D eigenvalue weighted by atomic mass is 10.0. The van der Waals surface area contributed by atoms with E-state index in [0.29, 0.717) is 22.7 Å². The lowest BCUT2D eigenvalue weighted by molar-refractivity contribution is -0.116. The molecule has 1 N–H and O–H groups in total. The third-order valence-electron chi connectivity index (χ3n) is 5.45. The second kappa shape index (κ2) is 8.86. The zero-order valence-electron chi connectivity index (χ0n) is 18.2. The molecule has 0 spiro atoms. The van der Waals surface area contributed by atoms with Crippen molar-refractivity contribution < 1.29 is 13.6 Å². The molecule has 0 atom stereocenters. The summed E-state index contributed by atoms with van der Waals surface area (Å²) in [5, 5.41) is 12.3. The summed E-state index contributed by atoms with van der Waals surface area (Å²) in [6.07, 6.45) is 3.31. The maximum atomic E-state index is 13.9. The summed E-state index contributed by atoms with van der Waals surface area (Å²) in [7, 11) is 0. The quantitative estimate of drug-likeness (QED) is 0.404. The highest BCUT2D eigenvalue weighted by molar-refractivity contribution is 5.96.